The van der Waals surface area contributed by atoms with E-state index < -0.39 is 35.0 Å². The first-order chi connectivity index (χ1) is 10.8. The molecule has 2 unspecified atom stereocenters. The van der Waals surface area contributed by atoms with E-state index in [1.54, 1.807) is 0 Å². The molecule has 3 rings (SSSR count). The highest BCUT2D eigenvalue weighted by molar-refractivity contribution is 5.88. The van der Waals surface area contributed by atoms with Gasteiger partial charge in [-0.3, -0.25) is 4.79 Å². The van der Waals surface area contributed by atoms with Crippen LogP contribution in [0, 0.1) is 0 Å². The van der Waals surface area contributed by atoms with Gasteiger partial charge in [-0.2, -0.15) is 0 Å². The first-order valence-corrected chi connectivity index (χ1v) is 7.23. The molecule has 0 amide bonds. The lowest BCUT2D eigenvalue weighted by Crippen LogP contribution is -2.38. The van der Waals surface area contributed by atoms with Crippen LogP contribution in [0.25, 0.3) is 5.83 Å². The minimum atomic E-state index is -1.94. The molecular weight excluding hydrogens is 306 g/mol. The Morgan fingerprint density at radius 3 is 2.57 bits per heavy atom. The highest BCUT2D eigenvalue weighted by Crippen LogP contribution is 2.44. The smallest absolute Gasteiger partial charge is 0.341 e. The number of fused-ring (bicyclic) bond motifs is 1. The van der Waals surface area contributed by atoms with E-state index in [4.69, 9.17) is 5.73 Å². The van der Waals surface area contributed by atoms with Crippen LogP contribution in [0.4, 0.5) is 8.78 Å². The molecule has 2 aliphatic carbocycles. The molecule has 2 aliphatic rings. The van der Waals surface area contributed by atoms with Crippen molar-refractivity contribution in [3.63, 3.8) is 0 Å². The van der Waals surface area contributed by atoms with Crippen LogP contribution in [0.3, 0.4) is 0 Å². The van der Waals surface area contributed by atoms with Crippen LogP contribution in [-0.2, 0) is 0 Å². The summed E-state index contributed by atoms with van der Waals surface area (Å²) in [5.74, 6) is -2.33. The normalized spacial score (nSPS) is 23.7. The molecule has 3 N–H and O–H groups in total. The van der Waals surface area contributed by atoms with Crippen LogP contribution in [0.2, 0.25) is 0 Å². The van der Waals surface area contributed by atoms with E-state index in [2.05, 4.69) is 6.58 Å². The number of pyridine rings is 1. The summed E-state index contributed by atoms with van der Waals surface area (Å²) in [6.45, 7) is 5.03. The molecule has 122 valence electrons. The number of allylic oxidation sites excluding steroid dienone is 1. The standard InChI is InChI=1S/C16H16F2N2O3/c1-6(2)9-11(17)13(19)10-14(12(9)18)20(7-3-4-7)5-8(15(10)21)16(22)23/h5,7,11,13H,1,3-4,19H2,2H3,(H,22,23). The molecule has 0 saturated heterocycles. The topological polar surface area (TPSA) is 85.3 Å². The summed E-state index contributed by atoms with van der Waals surface area (Å²) in [6.07, 6.45) is 0.656. The monoisotopic (exact) mass is 322 g/mol. The van der Waals surface area contributed by atoms with Gasteiger partial charge in [0, 0.05) is 23.4 Å². The average molecular weight is 322 g/mol. The van der Waals surface area contributed by atoms with Crippen LogP contribution in [0.5, 0.6) is 0 Å². The van der Waals surface area contributed by atoms with E-state index in [9.17, 15) is 23.5 Å². The van der Waals surface area contributed by atoms with Crippen molar-refractivity contribution in [2.75, 3.05) is 0 Å². The van der Waals surface area contributed by atoms with E-state index in [1.165, 1.54) is 11.5 Å². The maximum atomic E-state index is 14.9. The lowest BCUT2D eigenvalue weighted by molar-refractivity contribution is 0.0694. The number of rotatable bonds is 3. The van der Waals surface area contributed by atoms with E-state index in [0.29, 0.717) is 0 Å². The summed E-state index contributed by atoms with van der Waals surface area (Å²) in [4.78, 5) is 23.7. The average Bonchev–Trinajstić information content (AvgIpc) is 3.28. The van der Waals surface area contributed by atoms with Gasteiger partial charge in [0.2, 0.25) is 5.43 Å². The number of halogens is 2. The van der Waals surface area contributed by atoms with E-state index in [0.717, 1.165) is 19.0 Å². The fourth-order valence-electron chi connectivity index (χ4n) is 2.99. The van der Waals surface area contributed by atoms with Crippen LogP contribution in [0.1, 0.15) is 53.5 Å². The molecule has 0 radical (unpaired) electrons. The third-order valence-electron chi connectivity index (χ3n) is 4.27. The van der Waals surface area contributed by atoms with Gasteiger partial charge in [0.05, 0.1) is 11.7 Å². The van der Waals surface area contributed by atoms with Gasteiger partial charge in [0.1, 0.15) is 11.7 Å². The molecule has 1 aromatic heterocycles. The van der Waals surface area contributed by atoms with Crippen molar-refractivity contribution in [1.82, 2.24) is 4.57 Å². The summed E-state index contributed by atoms with van der Waals surface area (Å²) < 4.78 is 30.8. The molecule has 0 aliphatic heterocycles. The third kappa shape index (κ3) is 2.23. The first-order valence-electron chi connectivity index (χ1n) is 7.23. The largest absolute Gasteiger partial charge is 0.477 e. The Kier molecular flexibility index (Phi) is 3.48. The minimum Gasteiger partial charge on any atom is -0.477 e. The zero-order valence-corrected chi connectivity index (χ0v) is 12.5. The summed E-state index contributed by atoms with van der Waals surface area (Å²) in [7, 11) is 0. The second-order valence-electron chi connectivity index (χ2n) is 6.01. The second-order valence-corrected chi connectivity index (χ2v) is 6.01. The molecule has 0 spiro atoms. The van der Waals surface area contributed by atoms with Gasteiger partial charge < -0.3 is 15.4 Å². The number of carboxylic acids is 1. The number of nitrogens with zero attached hydrogens (tertiary/aromatic N) is 1. The minimum absolute atomic E-state index is 0.108. The van der Waals surface area contributed by atoms with Gasteiger partial charge in [-0.05, 0) is 25.3 Å². The van der Waals surface area contributed by atoms with Crippen LogP contribution >= 0.6 is 0 Å². The number of hydrogen-bond donors (Lipinski definition) is 2. The molecule has 1 aromatic rings. The van der Waals surface area contributed by atoms with E-state index >= 15 is 0 Å². The van der Waals surface area contributed by atoms with Crippen LogP contribution < -0.4 is 11.2 Å². The molecular formula is C16H16F2N2O3. The maximum absolute atomic E-state index is 14.9. The fourth-order valence-corrected chi connectivity index (χ4v) is 2.99. The Balaban J connectivity index is 2.42. The van der Waals surface area contributed by atoms with Crippen molar-refractivity contribution in [2.24, 2.45) is 5.73 Å². The van der Waals surface area contributed by atoms with Gasteiger partial charge in [-0.1, -0.05) is 6.58 Å². The number of carbonyl (C=O) groups is 1. The van der Waals surface area contributed by atoms with Gasteiger partial charge >= 0.3 is 5.97 Å². The second kappa shape index (κ2) is 5.13. The Bertz CT molecular complexity index is 821. The number of aromatic carboxylic acids is 1. The Hall–Kier alpha value is -2.28. The molecule has 5 nitrogen and oxygen atoms in total. The summed E-state index contributed by atoms with van der Waals surface area (Å²) in [6, 6.07) is -1.53. The van der Waals surface area contributed by atoms with Crippen LogP contribution in [-0.4, -0.2) is 21.8 Å². The van der Waals surface area contributed by atoms with Gasteiger partial charge in [0.15, 0.2) is 5.83 Å². The number of carboxylic acid groups (broad SMARTS) is 1. The predicted molar refractivity (Wildman–Crippen MR) is 80.6 cm³/mol. The van der Waals surface area contributed by atoms with Crippen LogP contribution in [0.15, 0.2) is 28.7 Å². The maximum Gasteiger partial charge on any atom is 0.341 e. The predicted octanol–water partition coefficient (Wildman–Crippen LogP) is 2.49. The van der Waals surface area contributed by atoms with E-state index in [1.807, 2.05) is 0 Å². The zero-order valence-electron chi connectivity index (χ0n) is 12.5. The number of alkyl halides is 1. The van der Waals surface area contributed by atoms with Gasteiger partial charge in [0.25, 0.3) is 0 Å². The van der Waals surface area contributed by atoms with Gasteiger partial charge in [-0.15, -0.1) is 0 Å². The molecule has 7 heteroatoms. The third-order valence-corrected chi connectivity index (χ3v) is 4.27. The zero-order chi connectivity index (χ0) is 17.0. The van der Waals surface area contributed by atoms with Crippen molar-refractivity contribution < 1.29 is 18.7 Å². The quantitative estimate of drug-likeness (QED) is 0.895. The lowest BCUT2D eigenvalue weighted by Gasteiger charge is -2.30. The number of nitrogens with two attached hydrogens (primary N) is 1. The Morgan fingerprint density at radius 1 is 1.48 bits per heavy atom. The van der Waals surface area contributed by atoms with Gasteiger partial charge in [-0.25, -0.2) is 13.6 Å². The van der Waals surface area contributed by atoms with Crippen molar-refractivity contribution in [1.29, 1.82) is 0 Å². The summed E-state index contributed by atoms with van der Waals surface area (Å²) in [5, 5.41) is 9.18. The molecule has 1 saturated carbocycles. The molecule has 23 heavy (non-hydrogen) atoms. The SMILES string of the molecule is C=C(C)C1=C(F)c2c(c(=O)c(C(=O)O)cn2C2CC2)C(N)C1F. The number of hydrogen-bond acceptors (Lipinski definition) is 3. The van der Waals surface area contributed by atoms with Crippen molar-refractivity contribution >= 4 is 11.8 Å². The fraction of sp³-hybridized carbons (Fsp3) is 0.375. The molecule has 0 aromatic carbocycles. The first kappa shape index (κ1) is 15.6. The molecule has 1 heterocycles. The van der Waals surface area contributed by atoms with E-state index in [-0.39, 0.29) is 28.4 Å². The summed E-state index contributed by atoms with van der Waals surface area (Å²) in [5.41, 5.74) is 3.86. The molecule has 0 bridgehead atoms. The Labute approximate surface area is 130 Å². The summed E-state index contributed by atoms with van der Waals surface area (Å²) >= 11 is 0. The molecule has 1 fully saturated rings. The van der Waals surface area contributed by atoms with Crippen molar-refractivity contribution in [3.8, 4) is 0 Å². The number of aromatic nitrogens is 1. The molecule has 2 atom stereocenters. The highest BCUT2D eigenvalue weighted by atomic mass is 19.1. The Morgan fingerprint density at radius 2 is 2.09 bits per heavy atom. The van der Waals surface area contributed by atoms with Crippen molar-refractivity contribution in [2.45, 2.75) is 38.0 Å². The lowest BCUT2D eigenvalue weighted by atomic mass is 9.85. The van der Waals surface area contributed by atoms with Crippen molar-refractivity contribution in [3.05, 3.63) is 51.0 Å². The highest BCUT2D eigenvalue weighted by Gasteiger charge is 2.41.